The lowest BCUT2D eigenvalue weighted by atomic mass is 9.98. The molecule has 2 unspecified atom stereocenters. The zero-order valence-electron chi connectivity index (χ0n) is 12.0. The molecule has 4 heteroatoms. The van der Waals surface area contributed by atoms with Crippen LogP contribution in [0.3, 0.4) is 0 Å². The van der Waals surface area contributed by atoms with E-state index >= 15 is 0 Å². The average Bonchev–Trinajstić information content (AvgIpc) is 2.81. The molecule has 2 aromatic rings. The van der Waals surface area contributed by atoms with Gasteiger partial charge in [-0.05, 0) is 31.9 Å². The minimum Gasteiger partial charge on any atom is -0.328 e. The average molecular weight is 279 g/mol. The summed E-state index contributed by atoms with van der Waals surface area (Å²) in [6, 6.07) is 8.28. The normalized spacial score (nSPS) is 23.0. The van der Waals surface area contributed by atoms with E-state index in [1.165, 1.54) is 0 Å². The van der Waals surface area contributed by atoms with Crippen LogP contribution in [0.5, 0.6) is 0 Å². The monoisotopic (exact) mass is 279 g/mol. The molecule has 2 bridgehead atoms. The first kappa shape index (κ1) is 12.5. The summed E-state index contributed by atoms with van der Waals surface area (Å²) < 4.78 is 0. The van der Waals surface area contributed by atoms with Gasteiger partial charge in [-0.2, -0.15) is 0 Å². The fourth-order valence-corrected chi connectivity index (χ4v) is 3.66. The lowest BCUT2D eigenvalue weighted by Gasteiger charge is -2.35. The molecule has 1 amide bonds. The van der Waals surface area contributed by atoms with Gasteiger partial charge in [0.1, 0.15) is 6.33 Å². The van der Waals surface area contributed by atoms with E-state index in [1.807, 2.05) is 37.4 Å². The number of rotatable bonds is 1. The van der Waals surface area contributed by atoms with Gasteiger partial charge in [-0.15, -0.1) is 0 Å². The number of nitrogens with zero attached hydrogens (tertiary/aromatic N) is 3. The van der Waals surface area contributed by atoms with E-state index in [2.05, 4.69) is 14.9 Å². The minimum atomic E-state index is 0.140. The molecule has 0 radical (unpaired) electrons. The molecule has 4 nitrogen and oxygen atoms in total. The third-order valence-corrected chi connectivity index (χ3v) is 4.62. The van der Waals surface area contributed by atoms with Gasteiger partial charge in [0, 0.05) is 29.8 Å². The molecule has 2 aliphatic heterocycles. The largest absolute Gasteiger partial charge is 0.328 e. The Kier molecular flexibility index (Phi) is 2.77. The fourth-order valence-electron chi connectivity index (χ4n) is 3.66. The van der Waals surface area contributed by atoms with Crippen molar-refractivity contribution in [2.24, 2.45) is 0 Å². The minimum absolute atomic E-state index is 0.140. The third-order valence-electron chi connectivity index (χ3n) is 4.62. The maximum absolute atomic E-state index is 12.9. The summed E-state index contributed by atoms with van der Waals surface area (Å²) in [5.41, 5.74) is 4.15. The Balaban J connectivity index is 1.73. The number of benzene rings is 1. The van der Waals surface area contributed by atoms with Gasteiger partial charge in [0.05, 0.1) is 11.7 Å². The Morgan fingerprint density at radius 3 is 3.10 bits per heavy atom. The van der Waals surface area contributed by atoms with E-state index in [1.54, 1.807) is 6.33 Å². The van der Waals surface area contributed by atoms with Crippen molar-refractivity contribution in [3.8, 4) is 0 Å². The smallest absolute Gasteiger partial charge is 0.254 e. The van der Waals surface area contributed by atoms with Gasteiger partial charge in [-0.1, -0.05) is 17.7 Å². The van der Waals surface area contributed by atoms with Crippen LogP contribution in [0.1, 0.15) is 46.1 Å². The van der Waals surface area contributed by atoms with Crippen LogP contribution in [0.25, 0.3) is 0 Å². The van der Waals surface area contributed by atoms with Crippen LogP contribution < -0.4 is 0 Å². The molecule has 2 atom stereocenters. The quantitative estimate of drug-likeness (QED) is 0.806. The fraction of sp³-hybridized carbons (Fsp3) is 0.353. The zero-order valence-corrected chi connectivity index (χ0v) is 12.0. The maximum Gasteiger partial charge on any atom is 0.254 e. The SMILES string of the molecule is Cc1cccc(C(=O)N2C3CCC2c2cncnc2C3)c1. The molecule has 106 valence electrons. The van der Waals surface area contributed by atoms with E-state index in [4.69, 9.17) is 0 Å². The summed E-state index contributed by atoms with van der Waals surface area (Å²) in [6.45, 7) is 2.02. The molecule has 2 aliphatic rings. The molecule has 0 aliphatic carbocycles. The van der Waals surface area contributed by atoms with Gasteiger partial charge in [-0.25, -0.2) is 9.97 Å². The molecule has 0 N–H and O–H groups in total. The number of fused-ring (bicyclic) bond motifs is 4. The third kappa shape index (κ3) is 1.94. The van der Waals surface area contributed by atoms with Gasteiger partial charge in [0.25, 0.3) is 5.91 Å². The molecule has 4 rings (SSSR count). The Morgan fingerprint density at radius 2 is 2.24 bits per heavy atom. The van der Waals surface area contributed by atoms with Gasteiger partial charge < -0.3 is 4.90 Å². The lowest BCUT2D eigenvalue weighted by Crippen LogP contribution is -2.42. The topological polar surface area (TPSA) is 46.1 Å². The number of aromatic nitrogens is 2. The summed E-state index contributed by atoms with van der Waals surface area (Å²) in [5.74, 6) is 0.140. The molecule has 1 saturated heterocycles. The number of amides is 1. The summed E-state index contributed by atoms with van der Waals surface area (Å²) in [7, 11) is 0. The number of hydrogen-bond acceptors (Lipinski definition) is 3. The standard InChI is InChI=1S/C17H17N3O/c1-11-3-2-4-12(7-11)17(21)20-13-5-6-16(20)14-9-18-10-19-15(14)8-13/h2-4,7,9-10,13,16H,5-6,8H2,1H3. The van der Waals surface area contributed by atoms with Crippen molar-refractivity contribution in [3.63, 3.8) is 0 Å². The van der Waals surface area contributed by atoms with Crippen molar-refractivity contribution in [3.05, 3.63) is 59.2 Å². The van der Waals surface area contributed by atoms with Gasteiger partial charge in [-0.3, -0.25) is 4.79 Å². The Hall–Kier alpha value is -2.23. The summed E-state index contributed by atoms with van der Waals surface area (Å²) in [6.07, 6.45) is 6.41. The van der Waals surface area contributed by atoms with E-state index in [9.17, 15) is 4.79 Å². The van der Waals surface area contributed by atoms with Crippen molar-refractivity contribution in [2.75, 3.05) is 0 Å². The van der Waals surface area contributed by atoms with Gasteiger partial charge >= 0.3 is 0 Å². The molecule has 1 aromatic carbocycles. The van der Waals surface area contributed by atoms with Crippen molar-refractivity contribution < 1.29 is 4.79 Å². The van der Waals surface area contributed by atoms with Crippen LogP contribution in [0.2, 0.25) is 0 Å². The lowest BCUT2D eigenvalue weighted by molar-refractivity contribution is 0.0643. The second-order valence-electron chi connectivity index (χ2n) is 5.96. The van der Waals surface area contributed by atoms with Gasteiger partial charge in [0.15, 0.2) is 0 Å². The second kappa shape index (κ2) is 4.65. The van der Waals surface area contributed by atoms with E-state index in [0.717, 1.165) is 41.6 Å². The predicted octanol–water partition coefficient (Wildman–Crippen LogP) is 2.69. The molecular formula is C17H17N3O. The zero-order chi connectivity index (χ0) is 14.4. The molecule has 0 spiro atoms. The number of carbonyl (C=O) groups excluding carboxylic acids is 1. The molecule has 1 aromatic heterocycles. The van der Waals surface area contributed by atoms with Crippen LogP contribution >= 0.6 is 0 Å². The number of hydrogen-bond donors (Lipinski definition) is 0. The molecule has 3 heterocycles. The van der Waals surface area contributed by atoms with Crippen LogP contribution in [-0.4, -0.2) is 26.8 Å². The van der Waals surface area contributed by atoms with Crippen molar-refractivity contribution in [1.82, 2.24) is 14.9 Å². The first-order valence-corrected chi connectivity index (χ1v) is 7.42. The summed E-state index contributed by atoms with van der Waals surface area (Å²) >= 11 is 0. The van der Waals surface area contributed by atoms with Crippen LogP contribution in [0, 0.1) is 6.92 Å². The van der Waals surface area contributed by atoms with Crippen LogP contribution in [0.15, 0.2) is 36.8 Å². The van der Waals surface area contributed by atoms with E-state index in [-0.39, 0.29) is 18.0 Å². The molecular weight excluding hydrogens is 262 g/mol. The van der Waals surface area contributed by atoms with Crippen molar-refractivity contribution in [1.29, 1.82) is 0 Å². The summed E-state index contributed by atoms with van der Waals surface area (Å²) in [4.78, 5) is 23.5. The highest BCUT2D eigenvalue weighted by Crippen LogP contribution is 2.43. The molecule has 0 saturated carbocycles. The highest BCUT2D eigenvalue weighted by molar-refractivity contribution is 5.95. The van der Waals surface area contributed by atoms with Crippen LogP contribution in [0.4, 0.5) is 0 Å². The van der Waals surface area contributed by atoms with Crippen LogP contribution in [-0.2, 0) is 6.42 Å². The van der Waals surface area contributed by atoms with Crippen molar-refractivity contribution >= 4 is 5.91 Å². The molecule has 21 heavy (non-hydrogen) atoms. The first-order chi connectivity index (χ1) is 10.2. The van der Waals surface area contributed by atoms with E-state index < -0.39 is 0 Å². The second-order valence-corrected chi connectivity index (χ2v) is 5.96. The number of carbonyl (C=O) groups is 1. The van der Waals surface area contributed by atoms with E-state index in [0.29, 0.717) is 0 Å². The highest BCUT2D eigenvalue weighted by atomic mass is 16.2. The number of aryl methyl sites for hydroxylation is 1. The Morgan fingerprint density at radius 1 is 1.33 bits per heavy atom. The van der Waals surface area contributed by atoms with Gasteiger partial charge in [0.2, 0.25) is 0 Å². The summed E-state index contributed by atoms with van der Waals surface area (Å²) in [5, 5.41) is 0. The predicted molar refractivity (Wildman–Crippen MR) is 78.8 cm³/mol. The van der Waals surface area contributed by atoms with Crippen molar-refractivity contribution in [2.45, 2.75) is 38.3 Å². The first-order valence-electron chi connectivity index (χ1n) is 7.42. The Bertz CT molecular complexity index is 713. The highest BCUT2D eigenvalue weighted by Gasteiger charge is 2.43. The maximum atomic E-state index is 12.9. The Labute approximate surface area is 123 Å². The molecule has 1 fully saturated rings.